The molecule has 0 atom stereocenters. The average molecular weight is 459 g/mol. The molecule has 6 nitrogen and oxygen atoms in total. The first-order chi connectivity index (χ1) is 15.9. The summed E-state index contributed by atoms with van der Waals surface area (Å²) in [6.45, 7) is 5.91. The lowest BCUT2D eigenvalue weighted by Crippen LogP contribution is -2.49. The van der Waals surface area contributed by atoms with Crippen LogP contribution in [-0.2, 0) is 10.0 Å². The molecule has 1 saturated heterocycles. The monoisotopic (exact) mass is 458 g/mol. The van der Waals surface area contributed by atoms with Gasteiger partial charge in [-0.2, -0.15) is 4.31 Å². The lowest BCUT2D eigenvalue weighted by Gasteiger charge is -2.34. The van der Waals surface area contributed by atoms with Crippen LogP contribution in [0.5, 0.6) is 0 Å². The minimum absolute atomic E-state index is 0.360. The van der Waals surface area contributed by atoms with Gasteiger partial charge in [-0.15, -0.1) is 10.2 Å². The highest BCUT2D eigenvalue weighted by atomic mass is 32.2. The Morgan fingerprint density at radius 1 is 0.758 bits per heavy atom. The number of sulfonamides is 1. The van der Waals surface area contributed by atoms with Gasteiger partial charge >= 0.3 is 0 Å². The fourth-order valence-corrected chi connectivity index (χ4v) is 5.78. The van der Waals surface area contributed by atoms with E-state index < -0.39 is 10.0 Å². The molecule has 0 bridgehead atoms. The predicted octanol–water partition coefficient (Wildman–Crippen LogP) is 4.42. The van der Waals surface area contributed by atoms with Crippen LogP contribution in [0.4, 0.5) is 5.82 Å². The molecule has 1 fully saturated rings. The number of aromatic nitrogens is 2. The summed E-state index contributed by atoms with van der Waals surface area (Å²) in [4.78, 5) is 2.45. The van der Waals surface area contributed by atoms with Gasteiger partial charge < -0.3 is 4.90 Å². The Labute approximate surface area is 194 Å². The van der Waals surface area contributed by atoms with Crippen LogP contribution >= 0.6 is 0 Å². The molecule has 0 saturated carbocycles. The lowest BCUT2D eigenvalue weighted by molar-refractivity contribution is 0.383. The summed E-state index contributed by atoms with van der Waals surface area (Å²) in [6, 6.07) is 23.7. The summed E-state index contributed by atoms with van der Waals surface area (Å²) in [5.74, 6) is 0.766. The lowest BCUT2D eigenvalue weighted by atomic mass is 10.0. The maximum Gasteiger partial charge on any atom is 0.243 e. The first kappa shape index (κ1) is 21.6. The van der Waals surface area contributed by atoms with Crippen molar-refractivity contribution >= 4 is 26.6 Å². The molecule has 2 heterocycles. The second-order valence-electron chi connectivity index (χ2n) is 8.44. The van der Waals surface area contributed by atoms with Gasteiger partial charge in [-0.25, -0.2) is 8.42 Å². The average Bonchev–Trinajstić information content (AvgIpc) is 2.85. The van der Waals surface area contributed by atoms with E-state index in [1.54, 1.807) is 16.4 Å². The maximum atomic E-state index is 13.1. The molecule has 33 heavy (non-hydrogen) atoms. The third-order valence-corrected chi connectivity index (χ3v) is 8.29. The van der Waals surface area contributed by atoms with Crippen molar-refractivity contribution < 1.29 is 8.42 Å². The molecule has 4 aromatic rings. The van der Waals surface area contributed by atoms with Gasteiger partial charge in [0, 0.05) is 31.7 Å². The zero-order chi connectivity index (χ0) is 23.0. The quantitative estimate of drug-likeness (QED) is 0.453. The van der Waals surface area contributed by atoms with Crippen molar-refractivity contribution in [1.29, 1.82) is 0 Å². The van der Waals surface area contributed by atoms with Crippen molar-refractivity contribution in [3.05, 3.63) is 83.9 Å². The van der Waals surface area contributed by atoms with Gasteiger partial charge in [0.05, 0.1) is 10.6 Å². The Hall–Kier alpha value is -3.29. The van der Waals surface area contributed by atoms with E-state index in [2.05, 4.69) is 39.4 Å². The molecular formula is C26H26N4O2S. The number of aryl methyl sites for hydroxylation is 2. The molecular weight excluding hydrogens is 432 g/mol. The van der Waals surface area contributed by atoms with Gasteiger partial charge in [0.15, 0.2) is 5.82 Å². The first-order valence-electron chi connectivity index (χ1n) is 11.1. The number of fused-ring (bicyclic) bond motifs is 1. The van der Waals surface area contributed by atoms with Gasteiger partial charge in [0.1, 0.15) is 0 Å². The summed E-state index contributed by atoms with van der Waals surface area (Å²) in [5, 5.41) is 11.3. The molecule has 0 radical (unpaired) electrons. The van der Waals surface area contributed by atoms with Crippen molar-refractivity contribution in [2.24, 2.45) is 0 Å². The normalized spacial score (nSPS) is 15.2. The number of hydrogen-bond acceptors (Lipinski definition) is 5. The van der Waals surface area contributed by atoms with Crippen LogP contribution in [0.2, 0.25) is 0 Å². The number of nitrogens with zero attached hydrogens (tertiary/aromatic N) is 4. The van der Waals surface area contributed by atoms with E-state index in [0.29, 0.717) is 31.1 Å². The Balaban J connectivity index is 1.31. The fourth-order valence-electron chi connectivity index (χ4n) is 4.27. The predicted molar refractivity (Wildman–Crippen MR) is 132 cm³/mol. The Bertz CT molecular complexity index is 1400. The van der Waals surface area contributed by atoms with E-state index in [0.717, 1.165) is 33.6 Å². The smallest absolute Gasteiger partial charge is 0.243 e. The Morgan fingerprint density at radius 2 is 1.52 bits per heavy atom. The molecule has 5 rings (SSSR count). The van der Waals surface area contributed by atoms with E-state index >= 15 is 0 Å². The number of anilines is 1. The highest BCUT2D eigenvalue weighted by molar-refractivity contribution is 7.89. The number of rotatable bonds is 4. The summed E-state index contributed by atoms with van der Waals surface area (Å²) < 4.78 is 27.7. The van der Waals surface area contributed by atoms with Gasteiger partial charge in [-0.1, -0.05) is 48.5 Å². The third kappa shape index (κ3) is 4.10. The second kappa shape index (κ2) is 8.57. The zero-order valence-electron chi connectivity index (χ0n) is 18.8. The van der Waals surface area contributed by atoms with E-state index in [1.807, 2.05) is 50.2 Å². The van der Waals surface area contributed by atoms with Crippen molar-refractivity contribution in [1.82, 2.24) is 14.5 Å². The Morgan fingerprint density at radius 3 is 2.24 bits per heavy atom. The molecule has 0 unspecified atom stereocenters. The fraction of sp³-hybridized carbons (Fsp3) is 0.231. The summed E-state index contributed by atoms with van der Waals surface area (Å²) >= 11 is 0. The highest BCUT2D eigenvalue weighted by Crippen LogP contribution is 2.28. The minimum atomic E-state index is -3.50. The van der Waals surface area contributed by atoms with Gasteiger partial charge in [-0.3, -0.25) is 0 Å². The number of benzene rings is 3. The van der Waals surface area contributed by atoms with Crippen molar-refractivity contribution in [3.63, 3.8) is 0 Å². The number of hydrogen-bond donors (Lipinski definition) is 0. The molecule has 0 N–H and O–H groups in total. The van der Waals surface area contributed by atoms with Crippen LogP contribution in [0.1, 0.15) is 11.1 Å². The first-order valence-corrected chi connectivity index (χ1v) is 12.5. The summed E-state index contributed by atoms with van der Waals surface area (Å²) in [5.41, 5.74) is 3.95. The third-order valence-electron chi connectivity index (χ3n) is 6.39. The molecule has 0 amide bonds. The second-order valence-corrected chi connectivity index (χ2v) is 10.4. The van der Waals surface area contributed by atoms with E-state index in [4.69, 9.17) is 0 Å². The molecule has 0 aliphatic carbocycles. The van der Waals surface area contributed by atoms with E-state index in [1.165, 1.54) is 5.39 Å². The Kier molecular flexibility index (Phi) is 5.60. The summed E-state index contributed by atoms with van der Waals surface area (Å²) in [6.07, 6.45) is 0. The van der Waals surface area contributed by atoms with Gasteiger partial charge in [0.25, 0.3) is 0 Å². The van der Waals surface area contributed by atoms with Crippen LogP contribution in [0.15, 0.2) is 77.7 Å². The van der Waals surface area contributed by atoms with Crippen LogP contribution in [0, 0.1) is 13.8 Å². The number of piperazine rings is 1. The topological polar surface area (TPSA) is 66.4 Å². The van der Waals surface area contributed by atoms with Crippen LogP contribution in [0.25, 0.3) is 22.0 Å². The molecule has 7 heteroatoms. The molecule has 168 valence electrons. The maximum absolute atomic E-state index is 13.1. The molecule has 1 aromatic heterocycles. The van der Waals surface area contributed by atoms with E-state index in [9.17, 15) is 8.42 Å². The van der Waals surface area contributed by atoms with Crippen LogP contribution in [0.3, 0.4) is 0 Å². The summed E-state index contributed by atoms with van der Waals surface area (Å²) in [7, 11) is -3.50. The van der Waals surface area contributed by atoms with E-state index in [-0.39, 0.29) is 0 Å². The molecule has 1 aliphatic rings. The molecule has 1 aliphatic heterocycles. The molecule has 3 aromatic carbocycles. The van der Waals surface area contributed by atoms with Crippen molar-refractivity contribution in [3.8, 4) is 11.3 Å². The van der Waals surface area contributed by atoms with Crippen molar-refractivity contribution in [2.75, 3.05) is 31.1 Å². The highest BCUT2D eigenvalue weighted by Gasteiger charge is 2.29. The minimum Gasteiger partial charge on any atom is -0.352 e. The van der Waals surface area contributed by atoms with Gasteiger partial charge in [0.2, 0.25) is 10.0 Å². The van der Waals surface area contributed by atoms with Crippen molar-refractivity contribution in [2.45, 2.75) is 18.7 Å². The zero-order valence-corrected chi connectivity index (χ0v) is 19.6. The van der Waals surface area contributed by atoms with Gasteiger partial charge in [-0.05, 0) is 60.0 Å². The van der Waals surface area contributed by atoms with Crippen LogP contribution in [-0.4, -0.2) is 49.1 Å². The molecule has 0 spiro atoms. The SMILES string of the molecule is Cc1ccc(S(=O)(=O)N2CCN(c3ccc(-c4cccc5ccccc45)nn3)CC2)cc1C. The standard InChI is InChI=1S/C26H26N4O2S/c1-19-10-11-22(18-20(19)2)33(31,32)30-16-14-29(15-17-30)26-13-12-25(27-28-26)24-9-5-7-21-6-3-4-8-23(21)24/h3-13,18H,14-17H2,1-2H3. The largest absolute Gasteiger partial charge is 0.352 e. The van der Waals surface area contributed by atoms with Crippen LogP contribution < -0.4 is 4.90 Å².